The fourth-order valence-corrected chi connectivity index (χ4v) is 4.94. The summed E-state index contributed by atoms with van der Waals surface area (Å²) in [5, 5.41) is 24.1. The molecule has 0 saturated heterocycles. The van der Waals surface area contributed by atoms with Gasteiger partial charge in [-0.25, -0.2) is 0 Å². The number of aliphatic carboxylic acids is 1. The Hall–Kier alpha value is -3.19. The van der Waals surface area contributed by atoms with Crippen molar-refractivity contribution in [2.75, 3.05) is 18.9 Å². The third-order valence-corrected chi connectivity index (χ3v) is 6.66. The van der Waals surface area contributed by atoms with Crippen LogP contribution in [-0.4, -0.2) is 41.0 Å². The van der Waals surface area contributed by atoms with E-state index in [1.165, 1.54) is 17.3 Å². The molecule has 0 spiro atoms. The first-order valence-corrected chi connectivity index (χ1v) is 12.3. The summed E-state index contributed by atoms with van der Waals surface area (Å²) in [6, 6.07) is 13.3. The number of nitrogens with one attached hydrogen (secondary N) is 1. The van der Waals surface area contributed by atoms with Gasteiger partial charge < -0.3 is 20.3 Å². The average molecular weight is 482 g/mol. The van der Waals surface area contributed by atoms with E-state index in [1.807, 2.05) is 45.0 Å². The molecule has 0 aliphatic heterocycles. The van der Waals surface area contributed by atoms with Crippen LogP contribution in [0, 0.1) is 20.8 Å². The number of carboxylic acids is 1. The van der Waals surface area contributed by atoms with E-state index >= 15 is 0 Å². The number of hydrogen-bond donors (Lipinski definition) is 3. The number of thioether (sulfide) groups is 1. The molecule has 180 valence electrons. The summed E-state index contributed by atoms with van der Waals surface area (Å²) in [4.78, 5) is 24.6. The van der Waals surface area contributed by atoms with Gasteiger partial charge in [0.2, 0.25) is 0 Å². The van der Waals surface area contributed by atoms with Gasteiger partial charge in [0.25, 0.3) is 5.91 Å². The SMILES string of the molecule is Cc1ccc(OCCCNC(=O)c2cc(SCCCC(=O)O)c3c(C)cccc3c2O)c(C)c1. The number of phenolic OH excluding ortho intramolecular Hbond substituents is 1. The molecule has 0 radical (unpaired) electrons. The molecular weight excluding hydrogens is 450 g/mol. The number of aryl methyl sites for hydroxylation is 3. The molecule has 0 aliphatic rings. The lowest BCUT2D eigenvalue weighted by Crippen LogP contribution is -2.25. The van der Waals surface area contributed by atoms with Gasteiger partial charge >= 0.3 is 5.97 Å². The number of rotatable bonds is 11. The van der Waals surface area contributed by atoms with Crippen LogP contribution in [0.3, 0.4) is 0 Å². The number of fused-ring (bicyclic) bond motifs is 1. The zero-order chi connectivity index (χ0) is 24.7. The normalized spacial score (nSPS) is 10.9. The summed E-state index contributed by atoms with van der Waals surface area (Å²) in [7, 11) is 0. The number of carboxylic acid groups (broad SMARTS) is 1. The molecule has 0 heterocycles. The molecule has 0 saturated carbocycles. The molecule has 7 heteroatoms. The van der Waals surface area contributed by atoms with Crippen molar-refractivity contribution in [3.63, 3.8) is 0 Å². The highest BCUT2D eigenvalue weighted by Gasteiger charge is 2.18. The number of hydrogen-bond acceptors (Lipinski definition) is 5. The third-order valence-electron chi connectivity index (χ3n) is 5.54. The highest BCUT2D eigenvalue weighted by molar-refractivity contribution is 7.99. The summed E-state index contributed by atoms with van der Waals surface area (Å²) in [5.74, 6) is 0.229. The number of benzene rings is 3. The molecule has 0 atom stereocenters. The van der Waals surface area contributed by atoms with E-state index in [4.69, 9.17) is 9.84 Å². The fraction of sp³-hybridized carbons (Fsp3) is 0.333. The maximum atomic E-state index is 12.9. The second kappa shape index (κ2) is 11.8. The lowest BCUT2D eigenvalue weighted by atomic mass is 10.0. The highest BCUT2D eigenvalue weighted by Crippen LogP contribution is 2.38. The summed E-state index contributed by atoms with van der Waals surface area (Å²) in [6.07, 6.45) is 1.25. The Morgan fingerprint density at radius 2 is 1.82 bits per heavy atom. The zero-order valence-electron chi connectivity index (χ0n) is 19.8. The minimum atomic E-state index is -0.825. The lowest BCUT2D eigenvalue weighted by molar-refractivity contribution is -0.137. The van der Waals surface area contributed by atoms with Gasteiger partial charge in [0.05, 0.1) is 12.2 Å². The van der Waals surface area contributed by atoms with Crippen LogP contribution in [0.15, 0.2) is 47.4 Å². The van der Waals surface area contributed by atoms with E-state index in [0.29, 0.717) is 37.1 Å². The minimum absolute atomic E-state index is 0.0439. The van der Waals surface area contributed by atoms with Crippen LogP contribution in [0.4, 0.5) is 0 Å². The zero-order valence-corrected chi connectivity index (χ0v) is 20.6. The van der Waals surface area contributed by atoms with Crippen molar-refractivity contribution < 1.29 is 24.5 Å². The van der Waals surface area contributed by atoms with E-state index < -0.39 is 5.97 Å². The Morgan fingerprint density at radius 1 is 1.03 bits per heavy atom. The fourth-order valence-electron chi connectivity index (χ4n) is 3.81. The van der Waals surface area contributed by atoms with Crippen LogP contribution in [0.2, 0.25) is 0 Å². The standard InChI is InChI=1S/C27H31NO5S/c1-17-10-11-22(19(3)15-17)33-13-6-12-28-27(32)21-16-23(34-14-5-9-24(29)30)25-18(2)7-4-8-20(25)26(21)31/h4,7-8,10-11,15-16,31H,5-6,9,12-14H2,1-3H3,(H,28,32)(H,29,30). The summed E-state index contributed by atoms with van der Waals surface area (Å²) < 4.78 is 5.82. The Kier molecular flexibility index (Phi) is 8.82. The first-order chi connectivity index (χ1) is 16.3. The second-order valence-corrected chi connectivity index (χ2v) is 9.48. The molecule has 0 aliphatic carbocycles. The molecule has 34 heavy (non-hydrogen) atoms. The van der Waals surface area contributed by atoms with Crippen molar-refractivity contribution in [2.45, 2.75) is 44.9 Å². The number of aromatic hydroxyl groups is 1. The van der Waals surface area contributed by atoms with Gasteiger partial charge in [-0.3, -0.25) is 9.59 Å². The Balaban J connectivity index is 1.66. The minimum Gasteiger partial charge on any atom is -0.506 e. The predicted octanol–water partition coefficient (Wildman–Crippen LogP) is 5.63. The first-order valence-electron chi connectivity index (χ1n) is 11.4. The first kappa shape index (κ1) is 25.4. The lowest BCUT2D eigenvalue weighted by Gasteiger charge is -2.15. The van der Waals surface area contributed by atoms with E-state index in [2.05, 4.69) is 11.4 Å². The molecule has 3 aromatic carbocycles. The van der Waals surface area contributed by atoms with Gasteiger partial charge in [-0.2, -0.15) is 0 Å². The Morgan fingerprint density at radius 3 is 2.56 bits per heavy atom. The van der Waals surface area contributed by atoms with Crippen LogP contribution >= 0.6 is 11.8 Å². The highest BCUT2D eigenvalue weighted by atomic mass is 32.2. The molecule has 0 unspecified atom stereocenters. The molecule has 0 aromatic heterocycles. The van der Waals surface area contributed by atoms with E-state index in [1.54, 1.807) is 12.1 Å². The van der Waals surface area contributed by atoms with E-state index in [9.17, 15) is 14.7 Å². The molecule has 0 bridgehead atoms. The van der Waals surface area contributed by atoms with Crippen LogP contribution in [0.5, 0.6) is 11.5 Å². The molecule has 3 N–H and O–H groups in total. The van der Waals surface area contributed by atoms with Crippen molar-refractivity contribution in [1.29, 1.82) is 0 Å². The maximum absolute atomic E-state index is 12.9. The van der Waals surface area contributed by atoms with Gasteiger partial charge in [-0.15, -0.1) is 11.8 Å². The van der Waals surface area contributed by atoms with Crippen LogP contribution in [-0.2, 0) is 4.79 Å². The van der Waals surface area contributed by atoms with Crippen molar-refractivity contribution in [2.24, 2.45) is 0 Å². The van der Waals surface area contributed by atoms with Crippen LogP contribution in [0.1, 0.15) is 46.3 Å². The van der Waals surface area contributed by atoms with Gasteiger partial charge in [-0.05, 0) is 62.6 Å². The van der Waals surface area contributed by atoms with E-state index in [0.717, 1.165) is 27.2 Å². The van der Waals surface area contributed by atoms with Gasteiger partial charge in [0.15, 0.2) is 0 Å². The number of carbonyl (C=O) groups is 2. The number of ether oxygens (including phenoxy) is 1. The summed E-state index contributed by atoms with van der Waals surface area (Å²) >= 11 is 1.50. The molecule has 0 fully saturated rings. The molecule has 1 amide bonds. The Bertz CT molecular complexity index is 1190. The molecule has 3 rings (SSSR count). The molecular formula is C27H31NO5S. The van der Waals surface area contributed by atoms with Crippen molar-refractivity contribution in [3.05, 3.63) is 64.7 Å². The third kappa shape index (κ3) is 6.44. The number of phenols is 1. The summed E-state index contributed by atoms with van der Waals surface area (Å²) in [6.45, 7) is 6.88. The van der Waals surface area contributed by atoms with Gasteiger partial charge in [-0.1, -0.05) is 35.9 Å². The molecule has 6 nitrogen and oxygen atoms in total. The van der Waals surface area contributed by atoms with E-state index in [-0.39, 0.29) is 23.6 Å². The van der Waals surface area contributed by atoms with Crippen LogP contribution < -0.4 is 10.1 Å². The quantitative estimate of drug-likeness (QED) is 0.243. The van der Waals surface area contributed by atoms with Gasteiger partial charge in [0.1, 0.15) is 11.5 Å². The monoisotopic (exact) mass is 481 g/mol. The second-order valence-electron chi connectivity index (χ2n) is 8.34. The van der Waals surface area contributed by atoms with Crippen molar-refractivity contribution in [1.82, 2.24) is 5.32 Å². The molecule has 3 aromatic rings. The predicted molar refractivity (Wildman–Crippen MR) is 136 cm³/mol. The largest absolute Gasteiger partial charge is 0.506 e. The van der Waals surface area contributed by atoms with Crippen molar-refractivity contribution in [3.8, 4) is 11.5 Å². The smallest absolute Gasteiger partial charge is 0.303 e. The maximum Gasteiger partial charge on any atom is 0.303 e. The average Bonchev–Trinajstić information content (AvgIpc) is 2.79. The van der Waals surface area contributed by atoms with Crippen molar-refractivity contribution >= 4 is 34.4 Å². The van der Waals surface area contributed by atoms with Gasteiger partial charge in [0, 0.05) is 28.6 Å². The Labute approximate surface area is 204 Å². The number of carbonyl (C=O) groups excluding carboxylic acids is 1. The van der Waals surface area contributed by atoms with Crippen LogP contribution in [0.25, 0.3) is 10.8 Å². The number of amides is 1. The topological polar surface area (TPSA) is 95.9 Å². The summed E-state index contributed by atoms with van der Waals surface area (Å²) in [5.41, 5.74) is 3.47.